The summed E-state index contributed by atoms with van der Waals surface area (Å²) < 4.78 is 6.56. The lowest BCUT2D eigenvalue weighted by Crippen LogP contribution is -2.32. The van der Waals surface area contributed by atoms with Gasteiger partial charge in [-0.25, -0.2) is 0 Å². The van der Waals surface area contributed by atoms with Gasteiger partial charge in [0.25, 0.3) is 0 Å². The summed E-state index contributed by atoms with van der Waals surface area (Å²) in [7, 11) is 0. The molecule has 1 heterocycles. The predicted octanol–water partition coefficient (Wildman–Crippen LogP) is 7.23. The van der Waals surface area contributed by atoms with Gasteiger partial charge in [0.2, 0.25) is 0 Å². The second-order valence-electron chi connectivity index (χ2n) is 9.85. The van der Waals surface area contributed by atoms with Crippen molar-refractivity contribution in [2.24, 2.45) is 0 Å². The van der Waals surface area contributed by atoms with E-state index in [1.165, 1.54) is 22.3 Å². The first-order valence-corrected chi connectivity index (χ1v) is 10.4. The maximum atomic E-state index is 6.56. The molecule has 0 N–H and O–H groups in total. The summed E-state index contributed by atoms with van der Waals surface area (Å²) in [4.78, 5) is -0.253. The van der Waals surface area contributed by atoms with Crippen LogP contribution < -0.4 is 4.74 Å². The van der Waals surface area contributed by atoms with Crippen LogP contribution in [0.2, 0.25) is 0 Å². The van der Waals surface area contributed by atoms with E-state index in [0.717, 1.165) is 5.75 Å². The van der Waals surface area contributed by atoms with E-state index in [2.05, 4.69) is 97.9 Å². The van der Waals surface area contributed by atoms with Crippen LogP contribution in [0.1, 0.15) is 82.9 Å². The summed E-state index contributed by atoms with van der Waals surface area (Å²) in [6.07, 6.45) is 0. The minimum absolute atomic E-state index is 0.0324. The molecule has 0 aromatic heterocycles. The fourth-order valence-electron chi connectivity index (χ4n) is 3.44. The number of hydrogen-bond acceptors (Lipinski definition) is 2. The van der Waals surface area contributed by atoms with Crippen molar-refractivity contribution >= 4 is 11.8 Å². The van der Waals surface area contributed by atoms with Gasteiger partial charge in [-0.3, -0.25) is 0 Å². The maximum Gasteiger partial charge on any atom is 0.150 e. The Labute approximate surface area is 163 Å². The van der Waals surface area contributed by atoms with E-state index in [1.807, 2.05) is 11.8 Å². The van der Waals surface area contributed by atoms with Crippen LogP contribution in [0.15, 0.2) is 42.5 Å². The molecule has 0 spiro atoms. The average Bonchev–Trinajstić information content (AvgIpc) is 2.51. The smallest absolute Gasteiger partial charge is 0.150 e. The molecule has 2 aromatic rings. The molecule has 0 fully saturated rings. The van der Waals surface area contributed by atoms with E-state index >= 15 is 0 Å². The molecule has 1 nitrogen and oxygen atoms in total. The zero-order chi connectivity index (χ0) is 19.3. The van der Waals surface area contributed by atoms with Crippen LogP contribution in [0.25, 0.3) is 0 Å². The van der Waals surface area contributed by atoms with E-state index in [-0.39, 0.29) is 15.8 Å². The normalized spacial score (nSPS) is 19.6. The maximum absolute atomic E-state index is 6.56. The molecule has 1 aliphatic rings. The van der Waals surface area contributed by atoms with E-state index in [1.54, 1.807) is 0 Å². The van der Waals surface area contributed by atoms with Gasteiger partial charge in [0.15, 0.2) is 0 Å². The van der Waals surface area contributed by atoms with E-state index in [4.69, 9.17) is 4.74 Å². The third-order valence-electron chi connectivity index (χ3n) is 4.93. The van der Waals surface area contributed by atoms with Gasteiger partial charge in [-0.1, -0.05) is 84.0 Å². The van der Waals surface area contributed by atoms with Gasteiger partial charge in [0, 0.05) is 11.1 Å². The van der Waals surface area contributed by atoms with Crippen LogP contribution >= 0.6 is 11.8 Å². The molecule has 0 amide bonds. The minimum Gasteiger partial charge on any atom is -0.477 e. The van der Waals surface area contributed by atoms with Crippen LogP contribution in [-0.2, 0) is 10.8 Å². The minimum atomic E-state index is -0.253. The van der Waals surface area contributed by atoms with Gasteiger partial charge < -0.3 is 4.74 Å². The Morgan fingerprint density at radius 3 is 2.04 bits per heavy atom. The second-order valence-corrected chi connectivity index (χ2v) is 11.5. The molecular weight excluding hydrogens is 336 g/mol. The Kier molecular flexibility index (Phi) is 4.72. The SMILES string of the molecule is CC1(C)Oc2c(cc(C(C)(C)C)cc2C(C)(C)C)C(c2ccccc2)S1. The monoisotopic (exact) mass is 368 g/mol. The van der Waals surface area contributed by atoms with Crippen molar-refractivity contribution in [1.82, 2.24) is 0 Å². The third-order valence-corrected chi connectivity index (χ3v) is 6.34. The van der Waals surface area contributed by atoms with Crippen molar-refractivity contribution in [2.75, 3.05) is 0 Å². The number of hydrogen-bond donors (Lipinski definition) is 0. The number of benzene rings is 2. The molecule has 1 unspecified atom stereocenters. The Morgan fingerprint density at radius 2 is 1.50 bits per heavy atom. The molecular formula is C24H32OS. The van der Waals surface area contributed by atoms with Gasteiger partial charge in [-0.05, 0) is 35.8 Å². The zero-order valence-corrected chi connectivity index (χ0v) is 18.3. The molecule has 0 radical (unpaired) electrons. The Bertz CT molecular complexity index is 791. The first-order chi connectivity index (χ1) is 11.9. The van der Waals surface area contributed by atoms with E-state index < -0.39 is 0 Å². The van der Waals surface area contributed by atoms with Crippen LogP contribution in [0.4, 0.5) is 0 Å². The largest absolute Gasteiger partial charge is 0.477 e. The van der Waals surface area contributed by atoms with Gasteiger partial charge in [0.1, 0.15) is 10.7 Å². The summed E-state index contributed by atoms with van der Waals surface area (Å²) in [5.74, 6) is 1.09. The van der Waals surface area contributed by atoms with Gasteiger partial charge in [0.05, 0.1) is 5.25 Å². The fourth-order valence-corrected chi connectivity index (χ4v) is 4.74. The Balaban J connectivity index is 2.30. The highest BCUT2D eigenvalue weighted by Crippen LogP contribution is 2.54. The average molecular weight is 369 g/mol. The Morgan fingerprint density at radius 1 is 0.885 bits per heavy atom. The summed E-state index contributed by atoms with van der Waals surface area (Å²) in [6, 6.07) is 15.6. The van der Waals surface area contributed by atoms with Crippen LogP contribution in [0.3, 0.4) is 0 Å². The number of ether oxygens (including phenoxy) is 1. The molecule has 0 saturated carbocycles. The van der Waals surface area contributed by atoms with E-state index in [0.29, 0.717) is 5.25 Å². The van der Waals surface area contributed by atoms with Crippen molar-refractivity contribution in [3.63, 3.8) is 0 Å². The number of fused-ring (bicyclic) bond motifs is 1. The molecule has 2 heteroatoms. The summed E-state index contributed by atoms with van der Waals surface area (Å²) in [5.41, 5.74) is 5.50. The lowest BCUT2D eigenvalue weighted by molar-refractivity contribution is 0.194. The first kappa shape index (κ1) is 19.4. The van der Waals surface area contributed by atoms with Crippen LogP contribution in [0.5, 0.6) is 5.75 Å². The molecule has 0 bridgehead atoms. The summed E-state index contributed by atoms with van der Waals surface area (Å²) in [6.45, 7) is 18.1. The molecule has 3 rings (SSSR count). The number of thioether (sulfide) groups is 1. The molecule has 2 aromatic carbocycles. The van der Waals surface area contributed by atoms with Crippen LogP contribution in [-0.4, -0.2) is 4.93 Å². The van der Waals surface area contributed by atoms with Crippen molar-refractivity contribution in [3.8, 4) is 5.75 Å². The first-order valence-electron chi connectivity index (χ1n) is 9.49. The highest BCUT2D eigenvalue weighted by Gasteiger charge is 2.39. The molecule has 0 saturated heterocycles. The standard InChI is InChI=1S/C24H32OS/c1-22(2,3)17-14-18-20(19(15-17)23(4,5)6)25-24(7,8)26-21(18)16-12-10-9-11-13-16/h9-15,21H,1-8H3. The van der Waals surface area contributed by atoms with Gasteiger partial charge >= 0.3 is 0 Å². The van der Waals surface area contributed by atoms with Gasteiger partial charge in [-0.2, -0.15) is 0 Å². The summed E-state index contributed by atoms with van der Waals surface area (Å²) in [5, 5.41) is 0.290. The summed E-state index contributed by atoms with van der Waals surface area (Å²) >= 11 is 1.90. The topological polar surface area (TPSA) is 9.23 Å². The van der Waals surface area contributed by atoms with Crippen molar-refractivity contribution in [2.45, 2.75) is 76.4 Å². The zero-order valence-electron chi connectivity index (χ0n) is 17.4. The molecule has 26 heavy (non-hydrogen) atoms. The highest BCUT2D eigenvalue weighted by molar-refractivity contribution is 8.00. The van der Waals surface area contributed by atoms with Crippen LogP contribution in [0, 0.1) is 0 Å². The highest BCUT2D eigenvalue weighted by atomic mass is 32.2. The quantitative estimate of drug-likeness (QED) is 0.525. The van der Waals surface area contributed by atoms with E-state index in [9.17, 15) is 0 Å². The van der Waals surface area contributed by atoms with Gasteiger partial charge in [-0.15, -0.1) is 11.8 Å². The lowest BCUT2D eigenvalue weighted by Gasteiger charge is -2.41. The fraction of sp³-hybridized carbons (Fsp3) is 0.500. The molecule has 1 atom stereocenters. The molecule has 140 valence electrons. The molecule has 1 aliphatic heterocycles. The van der Waals surface area contributed by atoms with Crippen molar-refractivity contribution in [3.05, 3.63) is 64.7 Å². The third kappa shape index (κ3) is 3.81. The van der Waals surface area contributed by atoms with Crippen molar-refractivity contribution in [1.29, 1.82) is 0 Å². The second kappa shape index (κ2) is 6.34. The lowest BCUT2D eigenvalue weighted by atomic mass is 9.78. The predicted molar refractivity (Wildman–Crippen MR) is 114 cm³/mol. The Hall–Kier alpha value is -1.41. The molecule has 0 aliphatic carbocycles. The number of rotatable bonds is 1. The van der Waals surface area contributed by atoms with Crippen molar-refractivity contribution < 1.29 is 4.74 Å².